The van der Waals surface area contributed by atoms with Crippen molar-refractivity contribution in [1.82, 2.24) is 15.3 Å². The lowest BCUT2D eigenvalue weighted by atomic mass is 10.4. The summed E-state index contributed by atoms with van der Waals surface area (Å²) in [7, 11) is 1.69. The van der Waals surface area contributed by atoms with Crippen molar-refractivity contribution in [3.63, 3.8) is 0 Å². The van der Waals surface area contributed by atoms with E-state index in [4.69, 9.17) is 4.84 Å². The van der Waals surface area contributed by atoms with Crippen LogP contribution in [0.2, 0.25) is 0 Å². The highest BCUT2D eigenvalue weighted by Gasteiger charge is 2.14. The van der Waals surface area contributed by atoms with Gasteiger partial charge in [-0.1, -0.05) is 0 Å². The van der Waals surface area contributed by atoms with Gasteiger partial charge in [-0.3, -0.25) is 14.3 Å². The van der Waals surface area contributed by atoms with Gasteiger partial charge >= 0.3 is 0 Å². The molecule has 0 bridgehead atoms. The highest BCUT2D eigenvalue weighted by Crippen LogP contribution is 2.14. The minimum absolute atomic E-state index is 0.311. The Bertz CT molecular complexity index is 291. The van der Waals surface area contributed by atoms with Gasteiger partial charge in [-0.25, -0.2) is 5.48 Å². The van der Waals surface area contributed by atoms with Crippen LogP contribution in [0.1, 0.15) is 17.4 Å². The number of amides is 1. The molecule has 6 heteroatoms. The number of rotatable bonds is 3. The second-order valence-electron chi connectivity index (χ2n) is 2.33. The monoisotopic (exact) mass is 247 g/mol. The molecule has 1 aromatic rings. The molecule has 5 nitrogen and oxygen atoms in total. The van der Waals surface area contributed by atoms with Crippen LogP contribution in [0.5, 0.6) is 0 Å². The van der Waals surface area contributed by atoms with Crippen molar-refractivity contribution < 1.29 is 9.63 Å². The van der Waals surface area contributed by atoms with Gasteiger partial charge in [-0.05, 0) is 22.9 Å². The molecule has 1 heterocycles. The van der Waals surface area contributed by atoms with E-state index in [1.807, 2.05) is 0 Å². The van der Waals surface area contributed by atoms with E-state index < -0.39 is 0 Å². The normalized spacial score (nSPS) is 10.1. The number of hydrogen-bond donors (Lipinski definition) is 1. The topological polar surface area (TPSA) is 56.1 Å². The molecule has 0 aliphatic rings. The van der Waals surface area contributed by atoms with E-state index in [0.717, 1.165) is 0 Å². The van der Waals surface area contributed by atoms with Crippen LogP contribution in [0.25, 0.3) is 0 Å². The van der Waals surface area contributed by atoms with E-state index in [2.05, 4.69) is 26.5 Å². The fraction of sp³-hybridized carbons (Fsp3) is 0.429. The average Bonchev–Trinajstić information content (AvgIpc) is 2.42. The van der Waals surface area contributed by atoms with Gasteiger partial charge < -0.3 is 0 Å². The smallest absolute Gasteiger partial charge is 0.274 e. The predicted molar refractivity (Wildman–Crippen MR) is 50.0 cm³/mol. The first-order valence-electron chi connectivity index (χ1n) is 3.76. The third-order valence-corrected chi connectivity index (χ3v) is 2.00. The zero-order valence-electron chi connectivity index (χ0n) is 7.37. The van der Waals surface area contributed by atoms with E-state index in [0.29, 0.717) is 16.8 Å². The van der Waals surface area contributed by atoms with Gasteiger partial charge in [0.05, 0.1) is 17.3 Å². The van der Waals surface area contributed by atoms with Crippen molar-refractivity contribution in [2.75, 3.05) is 6.61 Å². The first-order chi connectivity index (χ1) is 6.16. The first-order valence-corrected chi connectivity index (χ1v) is 4.55. The molecule has 72 valence electrons. The zero-order valence-corrected chi connectivity index (χ0v) is 8.96. The molecule has 1 N–H and O–H groups in total. The molecule has 0 atom stereocenters. The molecule has 1 rings (SSSR count). The van der Waals surface area contributed by atoms with Gasteiger partial charge in [0, 0.05) is 7.05 Å². The minimum Gasteiger partial charge on any atom is -0.274 e. The number of aromatic nitrogens is 2. The number of hydroxylamine groups is 1. The number of carbonyl (C=O) groups excluding carboxylic acids is 1. The molecule has 0 aliphatic heterocycles. The van der Waals surface area contributed by atoms with Crippen LogP contribution in [-0.2, 0) is 11.9 Å². The quantitative estimate of drug-likeness (QED) is 0.807. The maximum atomic E-state index is 11.4. The molecule has 0 aliphatic carbocycles. The lowest BCUT2D eigenvalue weighted by Crippen LogP contribution is -2.26. The lowest BCUT2D eigenvalue weighted by molar-refractivity contribution is 0.0355. The summed E-state index contributed by atoms with van der Waals surface area (Å²) in [6.07, 6.45) is 1.56. The maximum absolute atomic E-state index is 11.4. The summed E-state index contributed by atoms with van der Waals surface area (Å²) in [6, 6.07) is 0. The van der Waals surface area contributed by atoms with E-state index in [-0.39, 0.29) is 5.91 Å². The van der Waals surface area contributed by atoms with E-state index in [9.17, 15) is 4.79 Å². The van der Waals surface area contributed by atoms with Crippen molar-refractivity contribution in [3.8, 4) is 0 Å². The van der Waals surface area contributed by atoms with Crippen LogP contribution >= 0.6 is 15.9 Å². The summed E-state index contributed by atoms with van der Waals surface area (Å²) in [5.74, 6) is -0.311. The zero-order chi connectivity index (χ0) is 9.84. The molecule has 13 heavy (non-hydrogen) atoms. The maximum Gasteiger partial charge on any atom is 0.294 e. The Kier molecular flexibility index (Phi) is 3.44. The Morgan fingerprint density at radius 1 is 1.85 bits per heavy atom. The highest BCUT2D eigenvalue weighted by atomic mass is 79.9. The summed E-state index contributed by atoms with van der Waals surface area (Å²) < 4.78 is 2.12. The SMILES string of the molecule is CCONC(=O)c1c(Br)cnn1C. The third kappa shape index (κ3) is 2.28. The van der Waals surface area contributed by atoms with Gasteiger partial charge in [-0.15, -0.1) is 0 Å². The number of aryl methyl sites for hydroxylation is 1. The molecule has 0 fully saturated rings. The number of nitrogens with zero attached hydrogens (tertiary/aromatic N) is 2. The fourth-order valence-corrected chi connectivity index (χ4v) is 1.38. The highest BCUT2D eigenvalue weighted by molar-refractivity contribution is 9.10. The molecule has 0 unspecified atom stereocenters. The van der Waals surface area contributed by atoms with Gasteiger partial charge in [0.1, 0.15) is 5.69 Å². The first kappa shape index (κ1) is 10.2. The molecule has 0 saturated carbocycles. The number of nitrogens with one attached hydrogen (secondary N) is 1. The minimum atomic E-state index is -0.311. The van der Waals surface area contributed by atoms with Crippen molar-refractivity contribution in [1.29, 1.82) is 0 Å². The summed E-state index contributed by atoms with van der Waals surface area (Å²) in [5, 5.41) is 3.90. The molecule has 0 radical (unpaired) electrons. The van der Waals surface area contributed by atoms with Crippen LogP contribution in [0, 0.1) is 0 Å². The second-order valence-corrected chi connectivity index (χ2v) is 3.18. The molecule has 1 aromatic heterocycles. The Labute approximate surface area is 84.1 Å². The van der Waals surface area contributed by atoms with Crippen LogP contribution in [-0.4, -0.2) is 22.3 Å². The third-order valence-electron chi connectivity index (χ3n) is 1.42. The van der Waals surface area contributed by atoms with Gasteiger partial charge in [0.25, 0.3) is 5.91 Å². The molecule has 0 spiro atoms. The van der Waals surface area contributed by atoms with Gasteiger partial charge in [0.15, 0.2) is 0 Å². The van der Waals surface area contributed by atoms with Crippen molar-refractivity contribution in [2.45, 2.75) is 6.92 Å². The summed E-state index contributed by atoms with van der Waals surface area (Å²) >= 11 is 3.21. The van der Waals surface area contributed by atoms with Crippen LogP contribution in [0.3, 0.4) is 0 Å². The largest absolute Gasteiger partial charge is 0.294 e. The van der Waals surface area contributed by atoms with Crippen LogP contribution in [0.15, 0.2) is 10.7 Å². The van der Waals surface area contributed by atoms with Crippen molar-refractivity contribution in [2.24, 2.45) is 7.05 Å². The molecule has 0 saturated heterocycles. The standard InChI is InChI=1S/C7H10BrN3O2/c1-3-13-10-7(12)6-5(8)4-9-11(6)2/h4H,3H2,1-2H3,(H,10,12). The van der Waals surface area contributed by atoms with E-state index in [1.165, 1.54) is 4.68 Å². The molecular formula is C7H10BrN3O2. The summed E-state index contributed by atoms with van der Waals surface area (Å²) in [4.78, 5) is 16.1. The van der Waals surface area contributed by atoms with Gasteiger partial charge in [-0.2, -0.15) is 5.10 Å². The van der Waals surface area contributed by atoms with Crippen LogP contribution in [0.4, 0.5) is 0 Å². The number of carbonyl (C=O) groups is 1. The second kappa shape index (κ2) is 4.38. The Morgan fingerprint density at radius 2 is 2.54 bits per heavy atom. The number of halogens is 1. The van der Waals surface area contributed by atoms with Crippen LogP contribution < -0.4 is 5.48 Å². The Balaban J connectivity index is 2.76. The molecule has 1 amide bonds. The predicted octanol–water partition coefficient (Wildman–Crippen LogP) is 0.864. The van der Waals surface area contributed by atoms with Gasteiger partial charge in [0.2, 0.25) is 0 Å². The van der Waals surface area contributed by atoms with E-state index in [1.54, 1.807) is 20.2 Å². The average molecular weight is 248 g/mol. The summed E-state index contributed by atoms with van der Waals surface area (Å²) in [5.41, 5.74) is 2.73. The molecular weight excluding hydrogens is 238 g/mol. The van der Waals surface area contributed by atoms with Crippen molar-refractivity contribution in [3.05, 3.63) is 16.4 Å². The Morgan fingerprint density at radius 3 is 3.00 bits per heavy atom. The Hall–Kier alpha value is -0.880. The fourth-order valence-electron chi connectivity index (χ4n) is 0.852. The van der Waals surface area contributed by atoms with Crippen molar-refractivity contribution >= 4 is 21.8 Å². The lowest BCUT2D eigenvalue weighted by Gasteiger charge is -2.03. The summed E-state index contributed by atoms with van der Waals surface area (Å²) in [6.45, 7) is 2.22. The molecule has 0 aromatic carbocycles. The van der Waals surface area contributed by atoms with E-state index >= 15 is 0 Å². The number of hydrogen-bond acceptors (Lipinski definition) is 3.